The van der Waals surface area contributed by atoms with Crippen LogP contribution in [-0.4, -0.2) is 42.7 Å². The summed E-state index contributed by atoms with van der Waals surface area (Å²) >= 11 is 1.48. The summed E-state index contributed by atoms with van der Waals surface area (Å²) in [6.45, 7) is 2.05. The Morgan fingerprint density at radius 2 is 1.82 bits per heavy atom. The van der Waals surface area contributed by atoms with Gasteiger partial charge in [0.2, 0.25) is 5.88 Å². The molecule has 9 heteroatoms. The Kier molecular flexibility index (Phi) is 7.20. The summed E-state index contributed by atoms with van der Waals surface area (Å²) in [4.78, 5) is 32.2. The van der Waals surface area contributed by atoms with Gasteiger partial charge in [-0.2, -0.15) is 0 Å². The van der Waals surface area contributed by atoms with E-state index in [1.165, 1.54) is 36.3 Å². The molecule has 2 aromatic carbocycles. The number of aryl methyl sites for hydroxylation is 1. The number of carbonyl (C=O) groups excluding carboxylic acids is 1. The van der Waals surface area contributed by atoms with E-state index in [1.54, 1.807) is 49.4 Å². The van der Waals surface area contributed by atoms with E-state index in [0.29, 0.717) is 44.1 Å². The average molecular weight is 533 g/mol. The van der Waals surface area contributed by atoms with E-state index in [0.717, 1.165) is 36.1 Å². The maximum Gasteiger partial charge on any atom is 0.341 e. The third-order valence-electron chi connectivity index (χ3n) is 6.67. The zero-order valence-corrected chi connectivity index (χ0v) is 22.3. The molecule has 1 N–H and O–H groups in total. The number of aromatic hydroxyl groups is 1. The molecule has 1 aliphatic carbocycles. The van der Waals surface area contributed by atoms with Crippen molar-refractivity contribution in [2.24, 2.45) is 4.99 Å². The molecule has 1 aliphatic rings. The first kappa shape index (κ1) is 25.5. The van der Waals surface area contributed by atoms with Gasteiger partial charge in [-0.1, -0.05) is 18.2 Å². The number of pyridine rings is 1. The van der Waals surface area contributed by atoms with E-state index in [1.807, 2.05) is 0 Å². The van der Waals surface area contributed by atoms with Gasteiger partial charge < -0.3 is 19.3 Å². The van der Waals surface area contributed by atoms with Crippen LogP contribution in [0.1, 0.15) is 46.1 Å². The highest BCUT2D eigenvalue weighted by Crippen LogP contribution is 2.41. The quantitative estimate of drug-likeness (QED) is 0.246. The summed E-state index contributed by atoms with van der Waals surface area (Å²) in [5.41, 5.74) is 1.89. The van der Waals surface area contributed by atoms with Crippen molar-refractivity contribution in [3.8, 4) is 23.1 Å². The molecule has 4 aromatic rings. The number of benzene rings is 2. The van der Waals surface area contributed by atoms with Crippen LogP contribution >= 0.6 is 11.3 Å². The molecule has 5 rings (SSSR count). The fourth-order valence-corrected chi connectivity index (χ4v) is 6.09. The van der Waals surface area contributed by atoms with Crippen LogP contribution in [0, 0.1) is 0 Å². The number of nitrogens with zero attached hydrogens (tertiary/aromatic N) is 2. The van der Waals surface area contributed by atoms with E-state index in [9.17, 15) is 14.7 Å². The average Bonchev–Trinajstić information content (AvgIpc) is 3.31. The normalized spacial score (nSPS) is 13.0. The molecule has 0 radical (unpaired) electrons. The Labute approximate surface area is 223 Å². The molecule has 0 unspecified atom stereocenters. The Morgan fingerprint density at radius 3 is 2.55 bits per heavy atom. The van der Waals surface area contributed by atoms with E-state index in [2.05, 4.69) is 0 Å². The molecule has 0 amide bonds. The second-order valence-corrected chi connectivity index (χ2v) is 9.92. The molecule has 0 spiro atoms. The Balaban J connectivity index is 1.70. The van der Waals surface area contributed by atoms with Crippen LogP contribution in [0.25, 0.3) is 16.5 Å². The second-order valence-electron chi connectivity index (χ2n) is 8.83. The molecule has 0 bridgehead atoms. The fourth-order valence-electron chi connectivity index (χ4n) is 4.87. The first-order valence-corrected chi connectivity index (χ1v) is 13.2. The second kappa shape index (κ2) is 10.7. The van der Waals surface area contributed by atoms with E-state index in [-0.39, 0.29) is 24.0 Å². The van der Waals surface area contributed by atoms with Crippen LogP contribution in [0.5, 0.6) is 17.4 Å². The van der Waals surface area contributed by atoms with Crippen molar-refractivity contribution in [1.29, 1.82) is 0 Å². The molecule has 0 atom stereocenters. The Morgan fingerprint density at radius 1 is 1.08 bits per heavy atom. The maximum absolute atomic E-state index is 13.5. The van der Waals surface area contributed by atoms with E-state index < -0.39 is 0 Å². The van der Waals surface area contributed by atoms with Gasteiger partial charge in [0, 0.05) is 27.9 Å². The number of ether oxygens (including phenoxy) is 3. The van der Waals surface area contributed by atoms with Gasteiger partial charge in [0.1, 0.15) is 5.00 Å². The first-order valence-electron chi connectivity index (χ1n) is 12.4. The minimum absolute atomic E-state index is 0.272. The summed E-state index contributed by atoms with van der Waals surface area (Å²) in [5, 5.41) is 12.9. The van der Waals surface area contributed by atoms with Crippen molar-refractivity contribution in [3.05, 3.63) is 74.4 Å². The molecule has 38 heavy (non-hydrogen) atoms. The van der Waals surface area contributed by atoms with Crippen molar-refractivity contribution >= 4 is 39.3 Å². The van der Waals surface area contributed by atoms with Crippen LogP contribution in [0.4, 0.5) is 5.00 Å². The SMILES string of the molecule is CCOC(=O)c1c(/N=C/c2c(O)n(-c3ccc(OC)c(OC)c3)c(=O)c3ccccc23)sc2c1CCCC2. The van der Waals surface area contributed by atoms with Crippen LogP contribution in [0.15, 0.2) is 52.3 Å². The minimum atomic E-state index is -0.388. The lowest BCUT2D eigenvalue weighted by molar-refractivity contribution is 0.0526. The van der Waals surface area contributed by atoms with Crippen molar-refractivity contribution in [3.63, 3.8) is 0 Å². The van der Waals surface area contributed by atoms with Gasteiger partial charge in [-0.3, -0.25) is 4.79 Å². The third-order valence-corrected chi connectivity index (χ3v) is 7.87. The van der Waals surface area contributed by atoms with Crippen LogP contribution in [0.2, 0.25) is 0 Å². The number of aromatic nitrogens is 1. The van der Waals surface area contributed by atoms with Gasteiger partial charge in [0.15, 0.2) is 11.5 Å². The van der Waals surface area contributed by atoms with Crippen LogP contribution in [-0.2, 0) is 17.6 Å². The van der Waals surface area contributed by atoms with E-state index in [4.69, 9.17) is 19.2 Å². The summed E-state index contributed by atoms with van der Waals surface area (Å²) in [7, 11) is 3.03. The lowest BCUT2D eigenvalue weighted by atomic mass is 9.95. The summed E-state index contributed by atoms with van der Waals surface area (Å²) < 4.78 is 17.3. The first-order chi connectivity index (χ1) is 18.5. The van der Waals surface area contributed by atoms with Crippen molar-refractivity contribution in [1.82, 2.24) is 4.57 Å². The van der Waals surface area contributed by atoms with Crippen molar-refractivity contribution in [2.75, 3.05) is 20.8 Å². The summed E-state index contributed by atoms with van der Waals surface area (Å²) in [5.74, 6) is 0.259. The fraction of sp³-hybridized carbons (Fsp3) is 0.276. The minimum Gasteiger partial charge on any atom is -0.494 e. The predicted octanol–water partition coefficient (Wildman–Crippen LogP) is 5.58. The Bertz CT molecular complexity index is 1620. The number of carbonyl (C=O) groups is 1. The van der Waals surface area contributed by atoms with E-state index >= 15 is 0 Å². The van der Waals surface area contributed by atoms with Crippen LogP contribution < -0.4 is 15.0 Å². The largest absolute Gasteiger partial charge is 0.494 e. The zero-order valence-electron chi connectivity index (χ0n) is 21.4. The van der Waals surface area contributed by atoms with Gasteiger partial charge in [-0.15, -0.1) is 11.3 Å². The molecular weight excluding hydrogens is 504 g/mol. The zero-order chi connectivity index (χ0) is 26.8. The molecule has 2 heterocycles. The van der Waals surface area contributed by atoms with Crippen molar-refractivity contribution in [2.45, 2.75) is 32.6 Å². The van der Waals surface area contributed by atoms with Crippen LogP contribution in [0.3, 0.4) is 0 Å². The smallest absolute Gasteiger partial charge is 0.341 e. The molecule has 0 fully saturated rings. The number of methoxy groups -OCH3 is 2. The molecular formula is C29H28N2O6S. The molecule has 0 saturated carbocycles. The molecule has 0 aliphatic heterocycles. The number of esters is 1. The van der Waals surface area contributed by atoms with Gasteiger partial charge in [0.05, 0.1) is 37.6 Å². The van der Waals surface area contributed by atoms with Gasteiger partial charge in [0.25, 0.3) is 5.56 Å². The predicted molar refractivity (Wildman–Crippen MR) is 148 cm³/mol. The number of rotatable bonds is 7. The number of hydrogen-bond donors (Lipinski definition) is 1. The lowest BCUT2D eigenvalue weighted by Crippen LogP contribution is -2.20. The lowest BCUT2D eigenvalue weighted by Gasteiger charge is -2.15. The standard InChI is InChI=1S/C29H28N2O6S/c1-4-37-29(34)25-20-11-7-8-12-24(20)38-26(25)30-16-21-18-9-5-6-10-19(18)27(32)31(28(21)33)17-13-14-22(35-2)23(15-17)36-3/h5-6,9-10,13-16,33H,4,7-8,11-12H2,1-3H3/b30-16+. The van der Waals surface area contributed by atoms with Crippen molar-refractivity contribution < 1.29 is 24.1 Å². The Hall–Kier alpha value is -4.11. The monoisotopic (exact) mass is 532 g/mol. The molecule has 0 saturated heterocycles. The number of thiophene rings is 1. The van der Waals surface area contributed by atoms with Gasteiger partial charge in [-0.05, 0) is 56.4 Å². The number of aliphatic imine (C=N–C) groups is 1. The highest BCUT2D eigenvalue weighted by Gasteiger charge is 2.26. The third kappa shape index (κ3) is 4.43. The topological polar surface area (TPSA) is 99.3 Å². The van der Waals surface area contributed by atoms with Gasteiger partial charge in [-0.25, -0.2) is 14.4 Å². The molecule has 8 nitrogen and oxygen atoms in total. The number of fused-ring (bicyclic) bond motifs is 2. The molecule has 2 aromatic heterocycles. The molecule has 196 valence electrons. The number of hydrogen-bond acceptors (Lipinski definition) is 8. The van der Waals surface area contributed by atoms with Gasteiger partial charge >= 0.3 is 5.97 Å². The highest BCUT2D eigenvalue weighted by molar-refractivity contribution is 7.16. The summed E-state index contributed by atoms with van der Waals surface area (Å²) in [6.07, 6.45) is 5.32. The maximum atomic E-state index is 13.5. The summed E-state index contributed by atoms with van der Waals surface area (Å²) in [6, 6.07) is 12.0. The highest BCUT2D eigenvalue weighted by atomic mass is 32.1.